The number of nitrogens with one attached hydrogen (secondary N) is 1. The van der Waals surface area contributed by atoms with Crippen LogP contribution >= 0.6 is 11.3 Å². The maximum absolute atomic E-state index is 11.2. The van der Waals surface area contributed by atoms with Gasteiger partial charge in [0.1, 0.15) is 22.0 Å². The summed E-state index contributed by atoms with van der Waals surface area (Å²) in [5.74, 6) is 0.743. The Balaban J connectivity index is 2.76. The molecule has 0 aliphatic rings. The van der Waals surface area contributed by atoms with Crippen molar-refractivity contribution in [1.82, 2.24) is 4.98 Å². The van der Waals surface area contributed by atoms with E-state index >= 15 is 0 Å². The Morgan fingerprint density at radius 3 is 2.74 bits per heavy atom. The highest BCUT2D eigenvalue weighted by Gasteiger charge is 2.18. The molecule has 0 radical (unpaired) electrons. The molecular weight excluding hydrogens is 266 g/mol. The molecule has 0 atom stereocenters. The number of aromatic nitrogens is 1. The molecule has 19 heavy (non-hydrogen) atoms. The summed E-state index contributed by atoms with van der Waals surface area (Å²) in [6.07, 6.45) is 0. The summed E-state index contributed by atoms with van der Waals surface area (Å²) in [6, 6.07) is 3.62. The number of rotatable bonds is 3. The van der Waals surface area contributed by atoms with Crippen LogP contribution in [-0.4, -0.2) is 25.1 Å². The third-order valence-corrected chi connectivity index (χ3v) is 3.38. The molecule has 6 nitrogen and oxygen atoms in total. The quantitative estimate of drug-likeness (QED) is 0.929. The van der Waals surface area contributed by atoms with Gasteiger partial charge in [-0.3, -0.25) is 4.79 Å². The fraction of sp³-hybridized carbons (Fsp3) is 0.250. The Morgan fingerprint density at radius 1 is 1.47 bits per heavy atom. The summed E-state index contributed by atoms with van der Waals surface area (Å²) in [7, 11) is 3.00. The number of benzene rings is 1. The number of hydrogen-bond acceptors (Lipinski definition) is 6. The van der Waals surface area contributed by atoms with Gasteiger partial charge >= 0.3 is 0 Å². The Hall–Kier alpha value is -2.33. The molecule has 1 N–H and O–H groups in total. The van der Waals surface area contributed by atoms with E-state index in [4.69, 9.17) is 14.7 Å². The Labute approximate surface area is 113 Å². The first-order valence-electron chi connectivity index (χ1n) is 5.34. The first-order valence-corrected chi connectivity index (χ1v) is 6.15. The monoisotopic (exact) mass is 277 g/mol. The van der Waals surface area contributed by atoms with Crippen LogP contribution in [0.4, 0.5) is 5.69 Å². The summed E-state index contributed by atoms with van der Waals surface area (Å²) in [4.78, 5) is 15.4. The maximum atomic E-state index is 11.2. The number of carbonyl (C=O) groups excluding carboxylic acids is 1. The molecule has 7 heteroatoms. The zero-order valence-electron chi connectivity index (χ0n) is 10.6. The van der Waals surface area contributed by atoms with E-state index in [9.17, 15) is 4.79 Å². The normalized spacial score (nSPS) is 10.0. The highest BCUT2D eigenvalue weighted by atomic mass is 32.1. The van der Waals surface area contributed by atoms with E-state index in [1.807, 2.05) is 6.07 Å². The number of ether oxygens (including phenoxy) is 2. The second kappa shape index (κ2) is 5.12. The molecule has 2 aromatic rings. The molecule has 98 valence electrons. The molecule has 0 saturated heterocycles. The van der Waals surface area contributed by atoms with E-state index in [1.54, 1.807) is 6.07 Å². The van der Waals surface area contributed by atoms with Gasteiger partial charge in [-0.2, -0.15) is 5.26 Å². The van der Waals surface area contributed by atoms with Gasteiger partial charge in [-0.1, -0.05) is 11.3 Å². The minimum atomic E-state index is -0.218. The van der Waals surface area contributed by atoms with Crippen molar-refractivity contribution in [3.63, 3.8) is 0 Å². The van der Waals surface area contributed by atoms with Gasteiger partial charge in [0.25, 0.3) is 0 Å². The Bertz CT molecular complexity index is 688. The molecule has 0 aliphatic heterocycles. The maximum Gasteiger partial charge on any atom is 0.221 e. The molecule has 0 spiro atoms. The number of fused-ring (bicyclic) bond motifs is 1. The average molecular weight is 277 g/mol. The molecule has 0 aliphatic carbocycles. The average Bonchev–Trinajstić information content (AvgIpc) is 2.81. The van der Waals surface area contributed by atoms with Gasteiger partial charge in [-0.15, -0.1) is 0 Å². The summed E-state index contributed by atoms with van der Waals surface area (Å²) in [5, 5.41) is 11.9. The number of methoxy groups -OCH3 is 2. The number of nitriles is 1. The van der Waals surface area contributed by atoms with Gasteiger partial charge in [0.05, 0.1) is 19.9 Å². The standard InChI is InChI=1S/C12H11N3O3S/c1-6(16)14-7-4-8(17-2)10-12(11(7)18-3)19-9(5-13)15-10/h4H,1-3H3,(H,14,16). The first-order chi connectivity index (χ1) is 9.10. The van der Waals surface area contributed by atoms with Crippen molar-refractivity contribution in [2.75, 3.05) is 19.5 Å². The zero-order valence-corrected chi connectivity index (χ0v) is 11.4. The van der Waals surface area contributed by atoms with Crippen LogP contribution in [-0.2, 0) is 4.79 Å². The molecule has 0 bridgehead atoms. The second-order valence-corrected chi connectivity index (χ2v) is 4.65. The van der Waals surface area contributed by atoms with E-state index in [0.717, 1.165) is 0 Å². The van der Waals surface area contributed by atoms with E-state index in [2.05, 4.69) is 10.3 Å². The Kier molecular flexibility index (Phi) is 3.53. The summed E-state index contributed by atoms with van der Waals surface area (Å²) >= 11 is 1.19. The SMILES string of the molecule is COc1cc(NC(C)=O)c(OC)c2sc(C#N)nc12. The van der Waals surface area contributed by atoms with Crippen LogP contribution in [0.25, 0.3) is 10.2 Å². The molecule has 1 heterocycles. The van der Waals surface area contributed by atoms with Crippen LogP contribution in [0, 0.1) is 11.3 Å². The van der Waals surface area contributed by atoms with Gasteiger partial charge in [-0.25, -0.2) is 4.98 Å². The zero-order chi connectivity index (χ0) is 14.0. The molecular formula is C12H11N3O3S. The van der Waals surface area contributed by atoms with Crippen molar-refractivity contribution >= 4 is 33.1 Å². The lowest BCUT2D eigenvalue weighted by molar-refractivity contribution is -0.114. The number of carbonyl (C=O) groups is 1. The molecule has 1 amide bonds. The minimum Gasteiger partial charge on any atom is -0.494 e. The second-order valence-electron chi connectivity index (χ2n) is 3.65. The van der Waals surface area contributed by atoms with Crippen molar-refractivity contribution in [3.8, 4) is 17.6 Å². The number of amides is 1. The lowest BCUT2D eigenvalue weighted by Gasteiger charge is -2.11. The summed E-state index contributed by atoms with van der Waals surface area (Å²) in [6.45, 7) is 1.41. The molecule has 0 unspecified atom stereocenters. The largest absolute Gasteiger partial charge is 0.494 e. The third-order valence-electron chi connectivity index (χ3n) is 2.42. The van der Waals surface area contributed by atoms with Crippen LogP contribution < -0.4 is 14.8 Å². The van der Waals surface area contributed by atoms with Gasteiger partial charge in [0, 0.05) is 13.0 Å². The smallest absolute Gasteiger partial charge is 0.221 e. The number of nitrogens with zero attached hydrogens (tertiary/aromatic N) is 2. The predicted octanol–water partition coefficient (Wildman–Crippen LogP) is 2.14. The molecule has 0 saturated carbocycles. The highest BCUT2D eigenvalue weighted by molar-refractivity contribution is 7.19. The van der Waals surface area contributed by atoms with Gasteiger partial charge in [-0.05, 0) is 0 Å². The van der Waals surface area contributed by atoms with Crippen molar-refractivity contribution in [1.29, 1.82) is 5.26 Å². The fourth-order valence-corrected chi connectivity index (χ4v) is 2.62. The number of anilines is 1. The van der Waals surface area contributed by atoms with Crippen LogP contribution in [0.1, 0.15) is 11.9 Å². The van der Waals surface area contributed by atoms with Crippen LogP contribution in [0.15, 0.2) is 6.07 Å². The lowest BCUT2D eigenvalue weighted by atomic mass is 10.2. The minimum absolute atomic E-state index is 0.218. The first kappa shape index (κ1) is 13.1. The highest BCUT2D eigenvalue weighted by Crippen LogP contribution is 2.42. The number of thiazole rings is 1. The predicted molar refractivity (Wildman–Crippen MR) is 71.7 cm³/mol. The van der Waals surface area contributed by atoms with E-state index in [-0.39, 0.29) is 5.91 Å². The van der Waals surface area contributed by atoms with Crippen molar-refractivity contribution in [3.05, 3.63) is 11.1 Å². The van der Waals surface area contributed by atoms with Crippen molar-refractivity contribution < 1.29 is 14.3 Å². The van der Waals surface area contributed by atoms with Gasteiger partial charge in [0.15, 0.2) is 10.8 Å². The molecule has 2 rings (SSSR count). The van der Waals surface area contributed by atoms with Crippen LogP contribution in [0.3, 0.4) is 0 Å². The molecule has 1 aromatic heterocycles. The van der Waals surface area contributed by atoms with E-state index in [0.29, 0.717) is 32.4 Å². The fourth-order valence-electron chi connectivity index (χ4n) is 1.72. The van der Waals surface area contributed by atoms with Crippen LogP contribution in [0.2, 0.25) is 0 Å². The third kappa shape index (κ3) is 2.30. The summed E-state index contributed by atoms with van der Waals surface area (Å²) in [5.41, 5.74) is 1.04. The molecule has 0 fully saturated rings. The molecule has 1 aromatic carbocycles. The van der Waals surface area contributed by atoms with E-state index in [1.165, 1.54) is 32.5 Å². The lowest BCUT2D eigenvalue weighted by Crippen LogP contribution is -2.07. The number of hydrogen-bond donors (Lipinski definition) is 1. The van der Waals surface area contributed by atoms with Gasteiger partial charge < -0.3 is 14.8 Å². The van der Waals surface area contributed by atoms with Crippen molar-refractivity contribution in [2.45, 2.75) is 6.92 Å². The summed E-state index contributed by atoms with van der Waals surface area (Å²) < 4.78 is 11.2. The van der Waals surface area contributed by atoms with Gasteiger partial charge in [0.2, 0.25) is 5.91 Å². The Morgan fingerprint density at radius 2 is 2.21 bits per heavy atom. The van der Waals surface area contributed by atoms with Crippen molar-refractivity contribution in [2.24, 2.45) is 0 Å². The van der Waals surface area contributed by atoms with E-state index < -0.39 is 0 Å². The topological polar surface area (TPSA) is 84.2 Å². The van der Waals surface area contributed by atoms with Crippen LogP contribution in [0.5, 0.6) is 11.5 Å².